The molecule has 0 bridgehead atoms. The number of hydrogen-bond donors (Lipinski definition) is 3. The van der Waals surface area contributed by atoms with Gasteiger partial charge in [0.25, 0.3) is 0 Å². The number of carbonyl (C=O) groups is 3. The third kappa shape index (κ3) is 5.73. The summed E-state index contributed by atoms with van der Waals surface area (Å²) >= 11 is 8.10. The molecule has 4 aromatic rings. The molecule has 1 aliphatic carbocycles. The Morgan fingerprint density at radius 1 is 1.12 bits per heavy atom. The van der Waals surface area contributed by atoms with Crippen LogP contribution in [0.4, 0.5) is 0 Å². The predicted molar refractivity (Wildman–Crippen MR) is 188 cm³/mol. The SMILES string of the molecule is COc1cc(OC)c2c(c1Cl)O[C@]1(C2=O)C(O)=C(C(CC(=O)NCCn2c(=O)c(=O)[nH]c3ccccc32)c2ccc(SC)cc2)C(=O)C[C@H]1C. The highest BCUT2D eigenvalue weighted by Crippen LogP contribution is 2.55. The maximum absolute atomic E-state index is 14.3. The summed E-state index contributed by atoms with van der Waals surface area (Å²) in [6.07, 6.45) is 1.45. The molecule has 14 heteroatoms. The molecule has 0 fully saturated rings. The van der Waals surface area contributed by atoms with E-state index in [-0.39, 0.29) is 59.3 Å². The Morgan fingerprint density at radius 2 is 1.82 bits per heavy atom. The van der Waals surface area contributed by atoms with Gasteiger partial charge in [-0.15, -0.1) is 11.8 Å². The lowest BCUT2D eigenvalue weighted by atomic mass is 9.69. The number of halogens is 1. The van der Waals surface area contributed by atoms with Gasteiger partial charge < -0.3 is 34.2 Å². The third-order valence-corrected chi connectivity index (χ3v) is 10.4. The molecular formula is C36H34ClN3O9S. The van der Waals surface area contributed by atoms with Crippen molar-refractivity contribution < 1.29 is 33.7 Å². The number of ether oxygens (including phenoxy) is 3. The van der Waals surface area contributed by atoms with Crippen LogP contribution in [0.1, 0.15) is 41.6 Å². The monoisotopic (exact) mass is 719 g/mol. The van der Waals surface area contributed by atoms with E-state index in [1.165, 1.54) is 36.6 Å². The number of benzene rings is 3. The topological polar surface area (TPSA) is 166 Å². The summed E-state index contributed by atoms with van der Waals surface area (Å²) in [5.41, 5.74) is -2.17. The summed E-state index contributed by atoms with van der Waals surface area (Å²) in [5, 5.41) is 14.9. The van der Waals surface area contributed by atoms with Crippen LogP contribution in [-0.4, -0.2) is 64.8 Å². The quantitative estimate of drug-likeness (QED) is 0.153. The number of Topliss-reactive ketones (excluding diaryl/α,β-unsaturated/α-hetero) is 2. The number of fused-ring (bicyclic) bond motifs is 2. The van der Waals surface area contributed by atoms with E-state index in [1.54, 1.807) is 43.3 Å². The molecule has 1 aliphatic heterocycles. The molecule has 1 spiro atoms. The van der Waals surface area contributed by atoms with Crippen LogP contribution < -0.4 is 30.6 Å². The van der Waals surface area contributed by atoms with Crippen molar-refractivity contribution in [2.24, 2.45) is 5.92 Å². The van der Waals surface area contributed by atoms with Crippen LogP contribution in [0.15, 0.2) is 80.4 Å². The number of carbonyl (C=O) groups excluding carboxylic acids is 3. The number of H-pyrrole nitrogens is 1. The molecule has 3 atom stereocenters. The standard InChI is InChI=1S/C36H34ClN3O9S/c1-18-15-24(41)28(32(43)36(18)33(44)29-25(47-2)17-26(48-3)30(37)31(29)49-36)21(19-9-11-20(50-4)12-10-19)16-27(42)38-13-14-40-23-8-6-5-7-22(23)39-34(45)35(40)46/h5-12,17-18,21,43H,13-16H2,1-4H3,(H,38,42)(H,39,45)/t18-,21?,36+/m1/s1. The van der Waals surface area contributed by atoms with Crippen molar-refractivity contribution in [1.82, 2.24) is 14.9 Å². The van der Waals surface area contributed by atoms with Crippen molar-refractivity contribution in [2.75, 3.05) is 27.0 Å². The zero-order chi connectivity index (χ0) is 35.9. The number of aromatic nitrogens is 2. The van der Waals surface area contributed by atoms with E-state index in [0.29, 0.717) is 16.6 Å². The normalized spacial score (nSPS) is 19.0. The smallest absolute Gasteiger partial charge is 0.316 e. The van der Waals surface area contributed by atoms with Gasteiger partial charge in [-0.3, -0.25) is 24.0 Å². The average molecular weight is 720 g/mol. The molecule has 2 heterocycles. The number of amides is 1. The lowest BCUT2D eigenvalue weighted by Crippen LogP contribution is -2.53. The fourth-order valence-electron chi connectivity index (χ4n) is 6.77. The Hall–Kier alpha value is -5.01. The molecule has 0 radical (unpaired) electrons. The third-order valence-electron chi connectivity index (χ3n) is 9.31. The molecule has 2 aliphatic rings. The summed E-state index contributed by atoms with van der Waals surface area (Å²) in [5.74, 6) is -3.72. The van der Waals surface area contributed by atoms with Crippen LogP contribution in [0, 0.1) is 5.92 Å². The lowest BCUT2D eigenvalue weighted by molar-refractivity contribution is -0.121. The summed E-state index contributed by atoms with van der Waals surface area (Å²) in [6.45, 7) is 1.62. The van der Waals surface area contributed by atoms with Gasteiger partial charge in [0.1, 0.15) is 22.1 Å². The number of nitrogens with one attached hydrogen (secondary N) is 2. The summed E-state index contributed by atoms with van der Waals surface area (Å²) in [4.78, 5) is 70.2. The number of aromatic amines is 1. The Bertz CT molecular complexity index is 2190. The number of aliphatic hydroxyl groups excluding tert-OH is 1. The number of para-hydroxylation sites is 2. The van der Waals surface area contributed by atoms with E-state index in [1.807, 2.05) is 18.4 Å². The van der Waals surface area contributed by atoms with Crippen LogP contribution in [0.2, 0.25) is 5.02 Å². The zero-order valence-electron chi connectivity index (χ0n) is 27.6. The zero-order valence-corrected chi connectivity index (χ0v) is 29.2. The van der Waals surface area contributed by atoms with Crippen LogP contribution in [-0.2, 0) is 16.1 Å². The van der Waals surface area contributed by atoms with Crippen molar-refractivity contribution in [2.45, 2.75) is 42.7 Å². The van der Waals surface area contributed by atoms with Gasteiger partial charge in [0, 0.05) is 54.3 Å². The maximum Gasteiger partial charge on any atom is 0.316 e. The summed E-state index contributed by atoms with van der Waals surface area (Å²) in [6, 6.07) is 15.5. The van der Waals surface area contributed by atoms with Gasteiger partial charge in [-0.2, -0.15) is 0 Å². The Kier molecular flexibility index (Phi) is 9.56. The molecule has 0 saturated heterocycles. The second kappa shape index (κ2) is 13.7. The fourth-order valence-corrected chi connectivity index (χ4v) is 7.44. The van der Waals surface area contributed by atoms with Gasteiger partial charge in [0.05, 0.1) is 25.3 Å². The molecule has 3 aromatic carbocycles. The molecule has 50 heavy (non-hydrogen) atoms. The Morgan fingerprint density at radius 3 is 2.50 bits per heavy atom. The molecule has 12 nitrogen and oxygen atoms in total. The lowest BCUT2D eigenvalue weighted by Gasteiger charge is -2.38. The van der Waals surface area contributed by atoms with Gasteiger partial charge in [-0.05, 0) is 36.1 Å². The van der Waals surface area contributed by atoms with Gasteiger partial charge in [0.2, 0.25) is 17.3 Å². The van der Waals surface area contributed by atoms with Crippen molar-refractivity contribution in [1.29, 1.82) is 0 Å². The van der Waals surface area contributed by atoms with Gasteiger partial charge in [0.15, 0.2) is 17.3 Å². The first-order valence-corrected chi connectivity index (χ1v) is 17.3. The maximum atomic E-state index is 14.3. The minimum atomic E-state index is -2.02. The van der Waals surface area contributed by atoms with Crippen molar-refractivity contribution in [3.05, 3.63) is 103 Å². The van der Waals surface area contributed by atoms with Gasteiger partial charge in [-0.25, -0.2) is 0 Å². The number of thioether (sulfide) groups is 1. The highest BCUT2D eigenvalue weighted by atomic mass is 35.5. The minimum absolute atomic E-state index is 0.00223. The van der Waals surface area contributed by atoms with Crippen LogP contribution in [0.3, 0.4) is 0 Å². The number of rotatable bonds is 10. The van der Waals surface area contributed by atoms with Crippen LogP contribution >= 0.6 is 23.4 Å². The first-order chi connectivity index (χ1) is 24.0. The summed E-state index contributed by atoms with van der Waals surface area (Å²) < 4.78 is 18.4. The predicted octanol–water partition coefficient (Wildman–Crippen LogP) is 4.81. The summed E-state index contributed by atoms with van der Waals surface area (Å²) in [7, 11) is 2.77. The Labute approximate surface area is 295 Å². The van der Waals surface area contributed by atoms with Crippen LogP contribution in [0.25, 0.3) is 11.0 Å². The second-order valence-corrected chi connectivity index (χ2v) is 13.3. The number of nitrogens with zero attached hydrogens (tertiary/aromatic N) is 1. The molecule has 0 saturated carbocycles. The van der Waals surface area contributed by atoms with E-state index in [0.717, 1.165) is 4.90 Å². The van der Waals surface area contributed by atoms with Gasteiger partial charge in [-0.1, -0.05) is 42.8 Å². The molecule has 6 rings (SSSR count). The van der Waals surface area contributed by atoms with E-state index in [4.69, 9.17) is 25.8 Å². The molecule has 1 aromatic heterocycles. The highest BCUT2D eigenvalue weighted by Gasteiger charge is 2.61. The minimum Gasteiger partial charge on any atom is -0.507 e. The molecule has 3 N–H and O–H groups in total. The van der Waals surface area contributed by atoms with Crippen LogP contribution in [0.5, 0.6) is 17.2 Å². The number of methoxy groups -OCH3 is 2. The first kappa shape index (κ1) is 34.8. The number of hydrogen-bond acceptors (Lipinski definition) is 10. The Balaban J connectivity index is 1.37. The highest BCUT2D eigenvalue weighted by molar-refractivity contribution is 7.98. The molecule has 1 unspecified atom stereocenters. The fraction of sp³-hybridized carbons (Fsp3) is 0.306. The van der Waals surface area contributed by atoms with Gasteiger partial charge >= 0.3 is 11.1 Å². The van der Waals surface area contributed by atoms with E-state index < -0.39 is 51.8 Å². The van der Waals surface area contributed by atoms with Crippen molar-refractivity contribution in [3.8, 4) is 17.2 Å². The average Bonchev–Trinajstić information content (AvgIpc) is 3.43. The van der Waals surface area contributed by atoms with E-state index >= 15 is 0 Å². The first-order valence-electron chi connectivity index (χ1n) is 15.7. The number of ketones is 2. The number of allylic oxidation sites excluding steroid dienone is 1. The van der Waals surface area contributed by atoms with Crippen molar-refractivity contribution >= 4 is 51.9 Å². The van der Waals surface area contributed by atoms with Crippen molar-refractivity contribution in [3.63, 3.8) is 0 Å². The second-order valence-electron chi connectivity index (χ2n) is 12.1. The molecule has 1 amide bonds. The number of aliphatic hydroxyl groups is 1. The van der Waals surface area contributed by atoms with E-state index in [9.17, 15) is 29.1 Å². The van der Waals surface area contributed by atoms with E-state index in [2.05, 4.69) is 10.3 Å². The largest absolute Gasteiger partial charge is 0.507 e. The molecular weight excluding hydrogens is 686 g/mol. The molecule has 260 valence electrons.